The van der Waals surface area contributed by atoms with Crippen LogP contribution in [-0.4, -0.2) is 20.4 Å². The predicted octanol–water partition coefficient (Wildman–Crippen LogP) is 3.65. The molecule has 0 saturated carbocycles. The number of carbonyl (C=O) groups is 1. The average Bonchev–Trinajstić information content (AvgIpc) is 2.96. The smallest absolute Gasteiger partial charge is 0.262 e. The van der Waals surface area contributed by atoms with Crippen LogP contribution in [0.4, 0.5) is 5.69 Å². The van der Waals surface area contributed by atoms with E-state index in [0.29, 0.717) is 11.1 Å². The quantitative estimate of drug-likeness (QED) is 0.588. The Bertz CT molecular complexity index is 1220. The topological polar surface area (TPSA) is 76.9 Å². The Balaban J connectivity index is 1.53. The molecule has 7 heteroatoms. The molecule has 0 aliphatic carbocycles. The molecule has 136 valence electrons. The van der Waals surface area contributed by atoms with E-state index >= 15 is 0 Å². The first-order valence-electron chi connectivity index (χ1n) is 8.63. The van der Waals surface area contributed by atoms with Gasteiger partial charge in [-0.05, 0) is 31.5 Å². The van der Waals surface area contributed by atoms with E-state index in [-0.39, 0.29) is 24.4 Å². The third-order valence-corrected chi connectivity index (χ3v) is 5.76. The van der Waals surface area contributed by atoms with E-state index in [1.54, 1.807) is 6.20 Å². The number of nitrogens with one attached hydrogen (secondary N) is 1. The third kappa shape index (κ3) is 3.21. The Kier molecular flexibility index (Phi) is 4.45. The SMILES string of the molecule is Cc1sc2ncn(CCC(=O)Nc3cccc4cccnc34)c(=O)c2c1C. The van der Waals surface area contributed by atoms with Crippen LogP contribution in [0.2, 0.25) is 0 Å². The number of anilines is 1. The molecule has 3 heterocycles. The number of thiophene rings is 1. The van der Waals surface area contributed by atoms with Gasteiger partial charge in [-0.15, -0.1) is 11.3 Å². The van der Waals surface area contributed by atoms with Crippen LogP contribution in [0.3, 0.4) is 0 Å². The fraction of sp³-hybridized carbons (Fsp3) is 0.200. The Morgan fingerprint density at radius 2 is 2.00 bits per heavy atom. The lowest BCUT2D eigenvalue weighted by Crippen LogP contribution is -2.23. The maximum absolute atomic E-state index is 12.7. The molecule has 0 bridgehead atoms. The number of aromatic nitrogens is 3. The maximum Gasteiger partial charge on any atom is 0.262 e. The van der Waals surface area contributed by atoms with Crippen molar-refractivity contribution < 1.29 is 4.79 Å². The van der Waals surface area contributed by atoms with Crippen LogP contribution in [-0.2, 0) is 11.3 Å². The number of amides is 1. The molecule has 0 aliphatic heterocycles. The highest BCUT2D eigenvalue weighted by atomic mass is 32.1. The van der Waals surface area contributed by atoms with Crippen LogP contribution in [0.1, 0.15) is 16.9 Å². The van der Waals surface area contributed by atoms with Crippen molar-refractivity contribution in [3.63, 3.8) is 0 Å². The van der Waals surface area contributed by atoms with E-state index in [1.807, 2.05) is 44.2 Å². The van der Waals surface area contributed by atoms with Gasteiger partial charge >= 0.3 is 0 Å². The standard InChI is InChI=1S/C20H18N4O2S/c1-12-13(2)27-19-17(12)20(26)24(11-22-19)10-8-16(25)23-15-7-3-5-14-6-4-9-21-18(14)15/h3-7,9,11H,8,10H2,1-2H3,(H,23,25). The molecule has 3 aromatic heterocycles. The molecule has 1 N–H and O–H groups in total. The highest BCUT2D eigenvalue weighted by Gasteiger charge is 2.13. The fourth-order valence-corrected chi connectivity index (χ4v) is 4.06. The molecule has 0 aliphatic rings. The van der Waals surface area contributed by atoms with Crippen LogP contribution in [0.25, 0.3) is 21.1 Å². The number of hydrogen-bond acceptors (Lipinski definition) is 5. The third-order valence-electron chi connectivity index (χ3n) is 4.64. The van der Waals surface area contributed by atoms with E-state index in [1.165, 1.54) is 22.2 Å². The molecule has 1 aromatic carbocycles. The van der Waals surface area contributed by atoms with E-state index in [2.05, 4.69) is 15.3 Å². The summed E-state index contributed by atoms with van der Waals surface area (Å²) in [6.45, 7) is 4.19. The summed E-state index contributed by atoms with van der Waals surface area (Å²) in [4.78, 5) is 35.6. The van der Waals surface area contributed by atoms with Gasteiger partial charge < -0.3 is 5.32 Å². The van der Waals surface area contributed by atoms with Gasteiger partial charge in [0.2, 0.25) is 5.91 Å². The van der Waals surface area contributed by atoms with Gasteiger partial charge in [0.1, 0.15) is 4.83 Å². The van der Waals surface area contributed by atoms with E-state index in [0.717, 1.165) is 26.2 Å². The highest BCUT2D eigenvalue weighted by molar-refractivity contribution is 7.18. The normalized spacial score (nSPS) is 11.2. The Morgan fingerprint density at radius 1 is 1.19 bits per heavy atom. The van der Waals surface area contributed by atoms with Gasteiger partial charge in [-0.2, -0.15) is 0 Å². The Hall–Kier alpha value is -3.06. The molecule has 0 spiro atoms. The van der Waals surface area contributed by atoms with Crippen molar-refractivity contribution in [3.8, 4) is 0 Å². The summed E-state index contributed by atoms with van der Waals surface area (Å²) >= 11 is 1.52. The zero-order chi connectivity index (χ0) is 19.0. The van der Waals surface area contributed by atoms with Crippen molar-refractivity contribution >= 4 is 44.1 Å². The van der Waals surface area contributed by atoms with Crippen molar-refractivity contribution in [2.45, 2.75) is 26.8 Å². The van der Waals surface area contributed by atoms with Crippen LogP contribution < -0.4 is 10.9 Å². The molecule has 6 nitrogen and oxygen atoms in total. The highest BCUT2D eigenvalue weighted by Crippen LogP contribution is 2.25. The van der Waals surface area contributed by atoms with Gasteiger partial charge in [0.15, 0.2) is 0 Å². The number of hydrogen-bond donors (Lipinski definition) is 1. The summed E-state index contributed by atoms with van der Waals surface area (Å²) in [5.41, 5.74) is 2.29. The molecule has 27 heavy (non-hydrogen) atoms. The summed E-state index contributed by atoms with van der Waals surface area (Å²) in [5.74, 6) is -0.168. The molecule has 0 atom stereocenters. The van der Waals surface area contributed by atoms with Gasteiger partial charge in [0.05, 0.1) is 22.9 Å². The number of benzene rings is 1. The fourth-order valence-electron chi connectivity index (χ4n) is 3.07. The second kappa shape index (κ2) is 6.92. The molecular weight excluding hydrogens is 360 g/mol. The van der Waals surface area contributed by atoms with Crippen LogP contribution >= 0.6 is 11.3 Å². The molecule has 0 saturated heterocycles. The second-order valence-electron chi connectivity index (χ2n) is 6.39. The second-order valence-corrected chi connectivity index (χ2v) is 7.59. The minimum Gasteiger partial charge on any atom is -0.324 e. The van der Waals surface area contributed by atoms with Crippen molar-refractivity contribution in [3.05, 3.63) is 63.7 Å². The van der Waals surface area contributed by atoms with Gasteiger partial charge in [0.25, 0.3) is 5.56 Å². The zero-order valence-electron chi connectivity index (χ0n) is 15.0. The van der Waals surface area contributed by atoms with Crippen molar-refractivity contribution in [2.24, 2.45) is 0 Å². The number of aryl methyl sites for hydroxylation is 3. The summed E-state index contributed by atoms with van der Waals surface area (Å²) in [6, 6.07) is 9.46. The predicted molar refractivity (Wildman–Crippen MR) is 108 cm³/mol. The first-order valence-corrected chi connectivity index (χ1v) is 9.45. The summed E-state index contributed by atoms with van der Waals surface area (Å²) < 4.78 is 1.50. The molecule has 0 fully saturated rings. The molecule has 4 rings (SSSR count). The first kappa shape index (κ1) is 17.4. The average molecular weight is 378 g/mol. The lowest BCUT2D eigenvalue weighted by Gasteiger charge is -2.09. The summed E-state index contributed by atoms with van der Waals surface area (Å²) in [5, 5.41) is 4.51. The minimum atomic E-state index is -0.168. The number of para-hydroxylation sites is 1. The minimum absolute atomic E-state index is 0.0959. The molecule has 4 aromatic rings. The number of nitrogens with zero attached hydrogens (tertiary/aromatic N) is 3. The monoisotopic (exact) mass is 378 g/mol. The maximum atomic E-state index is 12.7. The van der Waals surface area contributed by atoms with Crippen molar-refractivity contribution in [1.29, 1.82) is 0 Å². The largest absolute Gasteiger partial charge is 0.324 e. The van der Waals surface area contributed by atoms with Crippen molar-refractivity contribution in [1.82, 2.24) is 14.5 Å². The molecule has 0 radical (unpaired) electrons. The molecule has 1 amide bonds. The number of rotatable bonds is 4. The van der Waals surface area contributed by atoms with E-state index < -0.39 is 0 Å². The Labute approximate surface area is 159 Å². The zero-order valence-corrected chi connectivity index (χ0v) is 15.8. The van der Waals surface area contributed by atoms with Gasteiger partial charge in [-0.3, -0.25) is 19.1 Å². The summed E-state index contributed by atoms with van der Waals surface area (Å²) in [6.07, 6.45) is 3.40. The lowest BCUT2D eigenvalue weighted by molar-refractivity contribution is -0.116. The van der Waals surface area contributed by atoms with Crippen molar-refractivity contribution in [2.75, 3.05) is 5.32 Å². The van der Waals surface area contributed by atoms with Gasteiger partial charge in [-0.1, -0.05) is 18.2 Å². The first-order chi connectivity index (χ1) is 13.0. The van der Waals surface area contributed by atoms with Gasteiger partial charge in [0, 0.05) is 29.4 Å². The Morgan fingerprint density at radius 3 is 2.85 bits per heavy atom. The number of fused-ring (bicyclic) bond motifs is 2. The van der Waals surface area contributed by atoms with Crippen LogP contribution in [0, 0.1) is 13.8 Å². The van der Waals surface area contributed by atoms with E-state index in [9.17, 15) is 9.59 Å². The molecular formula is C20H18N4O2S. The molecule has 0 unspecified atom stereocenters. The number of carbonyl (C=O) groups excluding carboxylic acids is 1. The van der Waals surface area contributed by atoms with E-state index in [4.69, 9.17) is 0 Å². The van der Waals surface area contributed by atoms with Gasteiger partial charge in [-0.25, -0.2) is 4.98 Å². The van der Waals surface area contributed by atoms with Crippen LogP contribution in [0.5, 0.6) is 0 Å². The number of pyridine rings is 1. The summed E-state index contributed by atoms with van der Waals surface area (Å²) in [7, 11) is 0. The lowest BCUT2D eigenvalue weighted by atomic mass is 10.2. The van der Waals surface area contributed by atoms with Crippen LogP contribution in [0.15, 0.2) is 47.7 Å².